The van der Waals surface area contributed by atoms with E-state index in [9.17, 15) is 10.1 Å². The molecule has 0 bridgehead atoms. The highest BCUT2D eigenvalue weighted by Crippen LogP contribution is 2.33. The first-order valence-corrected chi connectivity index (χ1v) is 7.37. The molecular formula is C17H23NO3. The van der Waals surface area contributed by atoms with Gasteiger partial charge in [-0.3, -0.25) is 0 Å². The van der Waals surface area contributed by atoms with Crippen molar-refractivity contribution in [3.8, 4) is 11.8 Å². The van der Waals surface area contributed by atoms with Crippen LogP contribution in [0.15, 0.2) is 24.3 Å². The lowest BCUT2D eigenvalue weighted by atomic mass is 9.77. The number of methoxy groups -OCH3 is 1. The van der Waals surface area contributed by atoms with E-state index in [1.165, 1.54) is 0 Å². The fraction of sp³-hybridized carbons (Fsp3) is 0.529. The molecule has 1 aromatic carbocycles. The van der Waals surface area contributed by atoms with Gasteiger partial charge in [0.1, 0.15) is 5.75 Å². The summed E-state index contributed by atoms with van der Waals surface area (Å²) in [5.41, 5.74) is -0.612. The van der Waals surface area contributed by atoms with Gasteiger partial charge in [-0.1, -0.05) is 38.3 Å². The van der Waals surface area contributed by atoms with Crippen molar-refractivity contribution in [1.82, 2.24) is 0 Å². The molecule has 0 aliphatic rings. The Bertz CT molecular complexity index is 507. The van der Waals surface area contributed by atoms with Crippen molar-refractivity contribution < 1.29 is 14.3 Å². The molecule has 0 saturated carbocycles. The molecule has 0 heterocycles. The van der Waals surface area contributed by atoms with Crippen LogP contribution in [0.1, 0.15) is 45.1 Å². The maximum absolute atomic E-state index is 12.4. The molecule has 1 aromatic rings. The summed E-state index contributed by atoms with van der Waals surface area (Å²) in [4.78, 5) is 12.4. The molecule has 0 amide bonds. The van der Waals surface area contributed by atoms with E-state index in [2.05, 4.69) is 13.0 Å². The number of carbonyl (C=O) groups is 1. The molecule has 0 aromatic heterocycles. The van der Waals surface area contributed by atoms with Crippen LogP contribution in [-0.4, -0.2) is 19.7 Å². The van der Waals surface area contributed by atoms with Crippen molar-refractivity contribution in [3.05, 3.63) is 29.8 Å². The van der Waals surface area contributed by atoms with Gasteiger partial charge < -0.3 is 9.47 Å². The topological polar surface area (TPSA) is 59.3 Å². The van der Waals surface area contributed by atoms with Crippen LogP contribution >= 0.6 is 0 Å². The van der Waals surface area contributed by atoms with Crippen LogP contribution in [0, 0.1) is 11.3 Å². The molecule has 1 rings (SSSR count). The van der Waals surface area contributed by atoms with Crippen LogP contribution in [0.3, 0.4) is 0 Å². The molecule has 21 heavy (non-hydrogen) atoms. The molecule has 0 N–H and O–H groups in total. The van der Waals surface area contributed by atoms with Gasteiger partial charge in [0.2, 0.25) is 0 Å². The third-order valence-electron chi connectivity index (χ3n) is 3.53. The van der Waals surface area contributed by atoms with Gasteiger partial charge >= 0.3 is 5.97 Å². The molecular weight excluding hydrogens is 266 g/mol. The summed E-state index contributed by atoms with van der Waals surface area (Å²) < 4.78 is 10.4. The summed E-state index contributed by atoms with van der Waals surface area (Å²) in [5, 5.41) is 9.70. The van der Waals surface area contributed by atoms with Crippen LogP contribution < -0.4 is 4.74 Å². The van der Waals surface area contributed by atoms with E-state index in [1.54, 1.807) is 38.3 Å². The molecule has 0 radical (unpaired) electrons. The molecule has 0 aliphatic carbocycles. The Hall–Kier alpha value is -2.02. The second-order valence-corrected chi connectivity index (χ2v) is 4.93. The van der Waals surface area contributed by atoms with Crippen molar-refractivity contribution in [2.24, 2.45) is 0 Å². The smallest absolute Gasteiger partial charge is 0.331 e. The first kappa shape index (κ1) is 17.0. The van der Waals surface area contributed by atoms with Crippen LogP contribution in [-0.2, 0) is 14.9 Å². The first-order valence-electron chi connectivity index (χ1n) is 7.37. The lowest BCUT2D eigenvalue weighted by Gasteiger charge is -2.25. The third kappa shape index (κ3) is 3.98. The van der Waals surface area contributed by atoms with Crippen LogP contribution in [0.25, 0.3) is 0 Å². The van der Waals surface area contributed by atoms with E-state index < -0.39 is 11.4 Å². The SMILES string of the molecule is CCCCC[C@](C#N)(C(=O)OCC)c1cccc(OC)c1. The third-order valence-corrected chi connectivity index (χ3v) is 3.53. The number of rotatable bonds is 8. The number of benzene rings is 1. The van der Waals surface area contributed by atoms with Crippen molar-refractivity contribution >= 4 is 5.97 Å². The van der Waals surface area contributed by atoms with Crippen LogP contribution in [0.5, 0.6) is 5.75 Å². The monoisotopic (exact) mass is 289 g/mol. The lowest BCUT2D eigenvalue weighted by molar-refractivity contribution is -0.148. The maximum atomic E-state index is 12.4. The van der Waals surface area contributed by atoms with Crippen molar-refractivity contribution in [2.45, 2.75) is 44.9 Å². The van der Waals surface area contributed by atoms with Gasteiger partial charge in [-0.15, -0.1) is 0 Å². The highest BCUT2D eigenvalue weighted by molar-refractivity contribution is 5.87. The van der Waals surface area contributed by atoms with Crippen molar-refractivity contribution in [1.29, 1.82) is 5.26 Å². The second kappa shape index (κ2) is 8.31. The minimum Gasteiger partial charge on any atom is -0.497 e. The molecule has 1 atom stereocenters. The van der Waals surface area contributed by atoms with Gasteiger partial charge in [-0.2, -0.15) is 5.26 Å². The van der Waals surface area contributed by atoms with Crippen molar-refractivity contribution in [3.63, 3.8) is 0 Å². The minimum atomic E-state index is -1.25. The van der Waals surface area contributed by atoms with E-state index in [0.29, 0.717) is 17.7 Å². The number of hydrogen-bond donors (Lipinski definition) is 0. The van der Waals surface area contributed by atoms with Crippen LogP contribution in [0.4, 0.5) is 0 Å². The van der Waals surface area contributed by atoms with Crippen molar-refractivity contribution in [2.75, 3.05) is 13.7 Å². The largest absolute Gasteiger partial charge is 0.497 e. The summed E-state index contributed by atoms with van der Waals surface area (Å²) in [6, 6.07) is 9.31. The first-order chi connectivity index (χ1) is 10.1. The van der Waals surface area contributed by atoms with E-state index in [-0.39, 0.29) is 6.61 Å². The molecule has 4 nitrogen and oxygen atoms in total. The highest BCUT2D eigenvalue weighted by atomic mass is 16.5. The highest BCUT2D eigenvalue weighted by Gasteiger charge is 2.42. The summed E-state index contributed by atoms with van der Waals surface area (Å²) in [7, 11) is 1.56. The lowest BCUT2D eigenvalue weighted by Crippen LogP contribution is -2.36. The Morgan fingerprint density at radius 3 is 2.67 bits per heavy atom. The fourth-order valence-corrected chi connectivity index (χ4v) is 2.31. The Morgan fingerprint density at radius 1 is 1.33 bits per heavy atom. The number of ether oxygens (including phenoxy) is 2. The zero-order valence-electron chi connectivity index (χ0n) is 13.0. The number of esters is 1. The van der Waals surface area contributed by atoms with Gasteiger partial charge in [-0.05, 0) is 31.0 Å². The van der Waals surface area contributed by atoms with Gasteiger partial charge in [-0.25, -0.2) is 4.79 Å². The second-order valence-electron chi connectivity index (χ2n) is 4.93. The van der Waals surface area contributed by atoms with Gasteiger partial charge in [0.15, 0.2) is 5.41 Å². The quantitative estimate of drug-likeness (QED) is 0.542. The summed E-state index contributed by atoms with van der Waals surface area (Å²) in [5.74, 6) is 0.156. The molecule has 0 unspecified atom stereocenters. The average molecular weight is 289 g/mol. The fourth-order valence-electron chi connectivity index (χ4n) is 2.31. The van der Waals surface area contributed by atoms with Gasteiger partial charge in [0.25, 0.3) is 0 Å². The predicted octanol–water partition coefficient (Wildman–Crippen LogP) is 3.60. The normalized spacial score (nSPS) is 13.0. The van der Waals surface area contributed by atoms with Gasteiger partial charge in [0, 0.05) is 0 Å². The number of nitrogens with zero attached hydrogens (tertiary/aromatic N) is 1. The van der Waals surface area contributed by atoms with E-state index >= 15 is 0 Å². The Morgan fingerprint density at radius 2 is 2.10 bits per heavy atom. The van der Waals surface area contributed by atoms with E-state index in [1.807, 2.05) is 0 Å². The predicted molar refractivity (Wildman–Crippen MR) is 81.1 cm³/mol. The maximum Gasteiger partial charge on any atom is 0.331 e. The summed E-state index contributed by atoms with van der Waals surface area (Å²) in [6.07, 6.45) is 3.28. The Labute approximate surface area is 126 Å². The molecule has 4 heteroatoms. The molecule has 0 saturated heterocycles. The molecule has 114 valence electrons. The number of nitriles is 1. The number of hydrogen-bond acceptors (Lipinski definition) is 4. The Kier molecular flexibility index (Phi) is 6.74. The molecule has 0 spiro atoms. The Balaban J connectivity index is 3.20. The zero-order chi connectivity index (χ0) is 15.7. The van der Waals surface area contributed by atoms with Gasteiger partial charge in [0.05, 0.1) is 19.8 Å². The summed E-state index contributed by atoms with van der Waals surface area (Å²) in [6.45, 7) is 4.10. The standard InChI is InChI=1S/C17H23NO3/c1-4-6-7-11-17(13-18,16(19)21-5-2)14-9-8-10-15(12-14)20-3/h8-10,12H,4-7,11H2,1-3H3/t17-/m1/s1. The molecule has 0 fully saturated rings. The van der Waals surface area contributed by atoms with E-state index in [4.69, 9.17) is 9.47 Å². The van der Waals surface area contributed by atoms with E-state index in [0.717, 1.165) is 19.3 Å². The number of unbranched alkanes of at least 4 members (excludes halogenated alkanes) is 2. The zero-order valence-corrected chi connectivity index (χ0v) is 13.0. The minimum absolute atomic E-state index is 0.264. The summed E-state index contributed by atoms with van der Waals surface area (Å²) >= 11 is 0. The average Bonchev–Trinajstić information content (AvgIpc) is 2.52. The molecule has 0 aliphatic heterocycles. The van der Waals surface area contributed by atoms with Crippen LogP contribution in [0.2, 0.25) is 0 Å². The number of carbonyl (C=O) groups excluding carboxylic acids is 1.